The molecule has 0 aromatic heterocycles. The molecular weight excluding hydrogens is 480 g/mol. The molecule has 0 aliphatic heterocycles. The number of urea groups is 1. The Kier molecular flexibility index (Phi) is 9.95. The summed E-state index contributed by atoms with van der Waals surface area (Å²) >= 11 is 0. The number of anilines is 2. The maximum atomic E-state index is 13.9. The monoisotopic (exact) mass is 524 g/mol. The Morgan fingerprint density at radius 2 is 1.47 bits per heavy atom. The number of carbonyl (C=O) groups is 3. The minimum atomic E-state index is -1.08. The molecule has 0 aliphatic carbocycles. The number of para-hydroxylation sites is 1. The smallest absolute Gasteiger partial charge is 0.323 e. The van der Waals surface area contributed by atoms with Crippen molar-refractivity contribution in [2.24, 2.45) is 5.41 Å². The first-order chi connectivity index (χ1) is 17.7. The molecule has 2 rings (SSSR count). The summed E-state index contributed by atoms with van der Waals surface area (Å²) in [7, 11) is 1.57. The SMILES string of the molecule is CCN(C(=O)c1ccccc1NC(=O)Nc1ccc(OC)cc1)C(C)(CC)C(=O)NC(C)(C)CC(C)(C)C. The number of likely N-dealkylation sites (N-methyl/N-ethyl adjacent to an activating group) is 1. The standard InChI is InChI=1S/C30H44N4O4/c1-10-30(8,26(36)33-29(6,7)20-28(3,4)5)34(11-2)25(35)23-14-12-13-15-24(23)32-27(37)31-21-16-18-22(38-9)19-17-21/h12-19H,10-11,20H2,1-9H3,(H,33,36)(H2,31,32,37). The maximum absolute atomic E-state index is 13.9. The molecule has 3 N–H and O–H groups in total. The summed E-state index contributed by atoms with van der Waals surface area (Å²) in [4.78, 5) is 41.8. The Morgan fingerprint density at radius 3 is 2.00 bits per heavy atom. The zero-order chi connectivity index (χ0) is 28.7. The molecule has 38 heavy (non-hydrogen) atoms. The van der Waals surface area contributed by atoms with Crippen LogP contribution in [-0.2, 0) is 4.79 Å². The van der Waals surface area contributed by atoms with E-state index in [0.29, 0.717) is 35.7 Å². The van der Waals surface area contributed by atoms with E-state index in [1.807, 2.05) is 27.7 Å². The summed E-state index contributed by atoms with van der Waals surface area (Å²) in [5, 5.41) is 8.73. The van der Waals surface area contributed by atoms with Gasteiger partial charge in [0.05, 0.1) is 18.4 Å². The van der Waals surface area contributed by atoms with Crippen molar-refractivity contribution in [1.29, 1.82) is 0 Å². The molecule has 0 heterocycles. The first kappa shape index (κ1) is 30.7. The fraction of sp³-hybridized carbons (Fsp3) is 0.500. The molecule has 1 atom stereocenters. The molecule has 2 aromatic carbocycles. The summed E-state index contributed by atoms with van der Waals surface area (Å²) in [5.41, 5.74) is -0.270. The second kappa shape index (κ2) is 12.3. The fourth-order valence-corrected chi connectivity index (χ4v) is 4.89. The summed E-state index contributed by atoms with van der Waals surface area (Å²) < 4.78 is 5.15. The van der Waals surface area contributed by atoms with Gasteiger partial charge in [0.1, 0.15) is 11.3 Å². The Balaban J connectivity index is 2.28. The van der Waals surface area contributed by atoms with Crippen LogP contribution in [0.15, 0.2) is 48.5 Å². The number of hydrogen-bond donors (Lipinski definition) is 3. The summed E-state index contributed by atoms with van der Waals surface area (Å²) in [6.45, 7) is 16.3. The lowest BCUT2D eigenvalue weighted by molar-refractivity contribution is -0.133. The third-order valence-corrected chi connectivity index (χ3v) is 6.51. The molecular formula is C30H44N4O4. The molecule has 8 nitrogen and oxygen atoms in total. The molecule has 0 aliphatic rings. The predicted molar refractivity (Wildman–Crippen MR) is 154 cm³/mol. The molecule has 0 bridgehead atoms. The molecule has 4 amide bonds. The number of ether oxygens (including phenoxy) is 1. The molecule has 0 spiro atoms. The quantitative estimate of drug-likeness (QED) is 0.339. The number of nitrogens with zero attached hydrogens (tertiary/aromatic N) is 1. The van der Waals surface area contributed by atoms with Crippen molar-refractivity contribution in [3.63, 3.8) is 0 Å². The van der Waals surface area contributed by atoms with E-state index in [0.717, 1.165) is 6.42 Å². The van der Waals surface area contributed by atoms with Crippen LogP contribution in [0.4, 0.5) is 16.2 Å². The molecule has 0 radical (unpaired) electrons. The van der Waals surface area contributed by atoms with E-state index in [9.17, 15) is 14.4 Å². The van der Waals surface area contributed by atoms with Crippen LogP contribution in [0.1, 0.15) is 78.6 Å². The highest BCUT2D eigenvalue weighted by Crippen LogP contribution is 2.30. The van der Waals surface area contributed by atoms with E-state index in [-0.39, 0.29) is 17.2 Å². The highest BCUT2D eigenvalue weighted by Gasteiger charge is 2.43. The average Bonchev–Trinajstić information content (AvgIpc) is 2.83. The van der Waals surface area contributed by atoms with Gasteiger partial charge in [0.2, 0.25) is 5.91 Å². The lowest BCUT2D eigenvalue weighted by Gasteiger charge is -2.42. The largest absolute Gasteiger partial charge is 0.497 e. The second-order valence-electron chi connectivity index (χ2n) is 11.6. The molecule has 208 valence electrons. The molecule has 2 aromatic rings. The van der Waals surface area contributed by atoms with Crippen molar-refractivity contribution in [2.75, 3.05) is 24.3 Å². The Hall–Kier alpha value is -3.55. The number of amides is 4. The minimum Gasteiger partial charge on any atom is -0.497 e. The van der Waals surface area contributed by atoms with Crippen LogP contribution in [-0.4, -0.2) is 47.5 Å². The predicted octanol–water partition coefficient (Wildman–Crippen LogP) is 6.30. The summed E-state index contributed by atoms with van der Waals surface area (Å²) in [6.07, 6.45) is 1.21. The van der Waals surface area contributed by atoms with Crippen molar-refractivity contribution in [3.05, 3.63) is 54.1 Å². The minimum absolute atomic E-state index is 0.0245. The van der Waals surface area contributed by atoms with Gasteiger partial charge >= 0.3 is 6.03 Å². The van der Waals surface area contributed by atoms with Gasteiger partial charge in [-0.1, -0.05) is 39.8 Å². The number of methoxy groups -OCH3 is 1. The van der Waals surface area contributed by atoms with Crippen LogP contribution in [0.25, 0.3) is 0 Å². The van der Waals surface area contributed by atoms with Crippen LogP contribution in [0.5, 0.6) is 5.75 Å². The van der Waals surface area contributed by atoms with Gasteiger partial charge in [-0.15, -0.1) is 0 Å². The average molecular weight is 525 g/mol. The molecule has 0 fully saturated rings. The molecule has 1 unspecified atom stereocenters. The van der Waals surface area contributed by atoms with Crippen molar-refractivity contribution in [1.82, 2.24) is 10.2 Å². The Morgan fingerprint density at radius 1 is 0.868 bits per heavy atom. The number of carbonyl (C=O) groups excluding carboxylic acids is 3. The normalized spacial score (nSPS) is 13.2. The van der Waals surface area contributed by atoms with E-state index in [4.69, 9.17) is 4.74 Å². The van der Waals surface area contributed by atoms with Crippen molar-refractivity contribution in [3.8, 4) is 5.75 Å². The number of rotatable bonds is 10. The van der Waals surface area contributed by atoms with E-state index in [2.05, 4.69) is 36.7 Å². The third kappa shape index (κ3) is 7.97. The van der Waals surface area contributed by atoms with E-state index < -0.39 is 17.1 Å². The van der Waals surface area contributed by atoms with Crippen molar-refractivity contribution < 1.29 is 19.1 Å². The Bertz CT molecular complexity index is 1120. The first-order valence-corrected chi connectivity index (χ1v) is 13.1. The lowest BCUT2D eigenvalue weighted by Crippen LogP contribution is -2.62. The summed E-state index contributed by atoms with van der Waals surface area (Å²) in [6, 6.07) is 13.3. The second-order valence-corrected chi connectivity index (χ2v) is 11.6. The third-order valence-electron chi connectivity index (χ3n) is 6.51. The van der Waals surface area contributed by atoms with Gasteiger partial charge in [0.15, 0.2) is 0 Å². The molecule has 8 heteroatoms. The Labute approximate surface area is 227 Å². The number of nitrogens with one attached hydrogen (secondary N) is 3. The van der Waals surface area contributed by atoms with E-state index in [1.54, 1.807) is 67.5 Å². The maximum Gasteiger partial charge on any atom is 0.323 e. The number of benzene rings is 2. The van der Waals surface area contributed by atoms with E-state index in [1.165, 1.54) is 0 Å². The van der Waals surface area contributed by atoms with Crippen LogP contribution in [0.2, 0.25) is 0 Å². The van der Waals surface area contributed by atoms with Gasteiger partial charge in [0.25, 0.3) is 5.91 Å². The van der Waals surface area contributed by atoms with Crippen LogP contribution in [0.3, 0.4) is 0 Å². The first-order valence-electron chi connectivity index (χ1n) is 13.1. The van der Waals surface area contributed by atoms with Gasteiger partial charge in [-0.3, -0.25) is 9.59 Å². The van der Waals surface area contributed by atoms with Crippen LogP contribution >= 0.6 is 0 Å². The van der Waals surface area contributed by atoms with Crippen molar-refractivity contribution in [2.45, 2.75) is 79.3 Å². The molecule has 0 saturated carbocycles. The van der Waals surface area contributed by atoms with Gasteiger partial charge in [-0.05, 0) is 82.3 Å². The molecule has 0 saturated heterocycles. The van der Waals surface area contributed by atoms with Gasteiger partial charge in [-0.25, -0.2) is 4.79 Å². The number of hydrogen-bond acceptors (Lipinski definition) is 4. The highest BCUT2D eigenvalue weighted by molar-refractivity contribution is 6.07. The zero-order valence-electron chi connectivity index (χ0n) is 24.3. The van der Waals surface area contributed by atoms with E-state index >= 15 is 0 Å². The van der Waals surface area contributed by atoms with Crippen molar-refractivity contribution >= 4 is 29.2 Å². The van der Waals surface area contributed by atoms with Gasteiger partial charge < -0.3 is 25.6 Å². The lowest BCUT2D eigenvalue weighted by atomic mass is 9.81. The van der Waals surface area contributed by atoms with Crippen LogP contribution in [0, 0.1) is 5.41 Å². The topological polar surface area (TPSA) is 99.8 Å². The summed E-state index contributed by atoms with van der Waals surface area (Å²) in [5.74, 6) is 0.143. The van der Waals surface area contributed by atoms with Gasteiger partial charge in [0, 0.05) is 17.8 Å². The van der Waals surface area contributed by atoms with Crippen LogP contribution < -0.4 is 20.7 Å². The fourth-order valence-electron chi connectivity index (χ4n) is 4.89. The highest BCUT2D eigenvalue weighted by atomic mass is 16.5. The zero-order valence-corrected chi connectivity index (χ0v) is 24.3. The van der Waals surface area contributed by atoms with Gasteiger partial charge in [-0.2, -0.15) is 0 Å².